The van der Waals surface area contributed by atoms with Crippen LogP contribution in [-0.2, 0) is 9.53 Å². The molecule has 2 heteroatoms. The number of rotatable bonds is 8. The number of ether oxygens (including phenoxy) is 1. The monoisotopic (exact) mass is 254 g/mol. The van der Waals surface area contributed by atoms with Gasteiger partial charge in [0.25, 0.3) is 0 Å². The summed E-state index contributed by atoms with van der Waals surface area (Å²) in [5.74, 6) is 1.07. The molecule has 1 aliphatic carbocycles. The summed E-state index contributed by atoms with van der Waals surface area (Å²) in [6, 6.07) is 0. The van der Waals surface area contributed by atoms with Crippen molar-refractivity contribution in [3.8, 4) is 0 Å². The van der Waals surface area contributed by atoms with Crippen molar-refractivity contribution in [2.75, 3.05) is 7.11 Å². The number of unbranched alkanes of at least 4 members (excludes halogenated alkanes) is 5. The standard InChI is InChI=1S/C16H30O2/c1-3-4-5-6-7-8-9-14-10-12-15(13-11-14)16(17)18-2/h14-15H,3-13H2,1-2H3. The van der Waals surface area contributed by atoms with Crippen LogP contribution in [-0.4, -0.2) is 13.1 Å². The van der Waals surface area contributed by atoms with E-state index in [0.29, 0.717) is 0 Å². The van der Waals surface area contributed by atoms with E-state index in [2.05, 4.69) is 6.92 Å². The van der Waals surface area contributed by atoms with Crippen molar-refractivity contribution >= 4 is 5.97 Å². The number of esters is 1. The van der Waals surface area contributed by atoms with Gasteiger partial charge in [-0.1, -0.05) is 51.9 Å². The van der Waals surface area contributed by atoms with Gasteiger partial charge in [-0.15, -0.1) is 0 Å². The topological polar surface area (TPSA) is 26.3 Å². The smallest absolute Gasteiger partial charge is 0.308 e. The second-order valence-electron chi connectivity index (χ2n) is 5.80. The van der Waals surface area contributed by atoms with E-state index in [4.69, 9.17) is 4.74 Å². The maximum atomic E-state index is 11.4. The Balaban J connectivity index is 2.00. The number of hydrogen-bond donors (Lipinski definition) is 0. The zero-order valence-electron chi connectivity index (χ0n) is 12.2. The molecule has 2 nitrogen and oxygen atoms in total. The van der Waals surface area contributed by atoms with Crippen LogP contribution < -0.4 is 0 Å². The number of carbonyl (C=O) groups excluding carboxylic acids is 1. The SMILES string of the molecule is CCCCCCCCC1CCC(C(=O)OC)CC1. The average molecular weight is 254 g/mol. The van der Waals surface area contributed by atoms with Crippen molar-refractivity contribution < 1.29 is 9.53 Å². The number of hydrogen-bond acceptors (Lipinski definition) is 2. The molecule has 0 aromatic carbocycles. The molecule has 0 atom stereocenters. The van der Waals surface area contributed by atoms with Gasteiger partial charge in [0.2, 0.25) is 0 Å². The van der Waals surface area contributed by atoms with E-state index in [1.54, 1.807) is 0 Å². The summed E-state index contributed by atoms with van der Waals surface area (Å²) < 4.78 is 4.82. The fraction of sp³-hybridized carbons (Fsp3) is 0.938. The maximum Gasteiger partial charge on any atom is 0.308 e. The van der Waals surface area contributed by atoms with E-state index in [0.717, 1.165) is 18.8 Å². The Morgan fingerprint density at radius 2 is 1.61 bits per heavy atom. The largest absolute Gasteiger partial charge is 0.469 e. The summed E-state index contributed by atoms with van der Waals surface area (Å²) in [4.78, 5) is 11.4. The van der Waals surface area contributed by atoms with E-state index in [1.807, 2.05) is 0 Å². The van der Waals surface area contributed by atoms with Crippen LogP contribution in [0.25, 0.3) is 0 Å². The van der Waals surface area contributed by atoms with Crippen LogP contribution in [0.1, 0.15) is 77.6 Å². The minimum absolute atomic E-state index is 0.00742. The highest BCUT2D eigenvalue weighted by Crippen LogP contribution is 2.32. The van der Waals surface area contributed by atoms with Gasteiger partial charge in [0.15, 0.2) is 0 Å². The first-order chi connectivity index (χ1) is 8.77. The normalized spacial score (nSPS) is 23.9. The van der Waals surface area contributed by atoms with Crippen molar-refractivity contribution in [1.29, 1.82) is 0 Å². The number of carbonyl (C=O) groups is 1. The summed E-state index contributed by atoms with van der Waals surface area (Å²) in [7, 11) is 1.50. The van der Waals surface area contributed by atoms with E-state index in [9.17, 15) is 4.79 Å². The third-order valence-corrected chi connectivity index (χ3v) is 4.35. The highest BCUT2D eigenvalue weighted by Gasteiger charge is 2.26. The van der Waals surface area contributed by atoms with Gasteiger partial charge in [-0.05, 0) is 31.6 Å². The molecule has 106 valence electrons. The fourth-order valence-corrected chi connectivity index (χ4v) is 3.07. The highest BCUT2D eigenvalue weighted by atomic mass is 16.5. The van der Waals surface area contributed by atoms with Gasteiger partial charge in [0.05, 0.1) is 13.0 Å². The molecular formula is C16H30O2. The van der Waals surface area contributed by atoms with Crippen molar-refractivity contribution in [3.05, 3.63) is 0 Å². The number of methoxy groups -OCH3 is 1. The average Bonchev–Trinajstić information content (AvgIpc) is 2.42. The van der Waals surface area contributed by atoms with Crippen LogP contribution >= 0.6 is 0 Å². The van der Waals surface area contributed by atoms with E-state index >= 15 is 0 Å². The van der Waals surface area contributed by atoms with Crippen molar-refractivity contribution in [2.45, 2.75) is 77.6 Å². The Morgan fingerprint density at radius 3 is 2.22 bits per heavy atom. The quantitative estimate of drug-likeness (QED) is 0.463. The predicted molar refractivity (Wildman–Crippen MR) is 75.5 cm³/mol. The molecule has 1 fully saturated rings. The van der Waals surface area contributed by atoms with Gasteiger partial charge in [0, 0.05) is 0 Å². The molecule has 0 bridgehead atoms. The lowest BCUT2D eigenvalue weighted by Gasteiger charge is -2.26. The molecule has 1 aliphatic rings. The summed E-state index contributed by atoms with van der Waals surface area (Å²) >= 11 is 0. The Morgan fingerprint density at radius 1 is 1.00 bits per heavy atom. The van der Waals surface area contributed by atoms with Gasteiger partial charge in [-0.2, -0.15) is 0 Å². The summed E-state index contributed by atoms with van der Waals surface area (Å²) in [6.45, 7) is 2.26. The van der Waals surface area contributed by atoms with Crippen LogP contribution in [0.3, 0.4) is 0 Å². The molecular weight excluding hydrogens is 224 g/mol. The first-order valence-electron chi connectivity index (χ1n) is 7.85. The van der Waals surface area contributed by atoms with Crippen molar-refractivity contribution in [2.24, 2.45) is 11.8 Å². The second kappa shape index (κ2) is 9.41. The molecule has 0 N–H and O–H groups in total. The zero-order valence-corrected chi connectivity index (χ0v) is 12.2. The summed E-state index contributed by atoms with van der Waals surface area (Å²) in [5, 5.41) is 0. The van der Waals surface area contributed by atoms with Gasteiger partial charge in [0.1, 0.15) is 0 Å². The fourth-order valence-electron chi connectivity index (χ4n) is 3.07. The van der Waals surface area contributed by atoms with Crippen LogP contribution in [0, 0.1) is 11.8 Å². The molecule has 1 rings (SSSR count). The minimum Gasteiger partial charge on any atom is -0.469 e. The molecule has 0 radical (unpaired) electrons. The summed E-state index contributed by atoms with van der Waals surface area (Å²) in [6.07, 6.45) is 14.3. The summed E-state index contributed by atoms with van der Waals surface area (Å²) in [5.41, 5.74) is 0. The zero-order chi connectivity index (χ0) is 13.2. The van der Waals surface area contributed by atoms with Crippen LogP contribution in [0.15, 0.2) is 0 Å². The van der Waals surface area contributed by atoms with Gasteiger partial charge in [-0.25, -0.2) is 0 Å². The third-order valence-electron chi connectivity index (χ3n) is 4.35. The molecule has 0 aromatic heterocycles. The lowest BCUT2D eigenvalue weighted by Crippen LogP contribution is -2.22. The van der Waals surface area contributed by atoms with Crippen LogP contribution in [0.4, 0.5) is 0 Å². The van der Waals surface area contributed by atoms with E-state index in [-0.39, 0.29) is 11.9 Å². The Hall–Kier alpha value is -0.530. The lowest BCUT2D eigenvalue weighted by molar-refractivity contribution is -0.146. The first-order valence-corrected chi connectivity index (χ1v) is 7.85. The first kappa shape index (κ1) is 15.5. The van der Waals surface area contributed by atoms with E-state index in [1.165, 1.54) is 64.9 Å². The molecule has 0 amide bonds. The molecule has 18 heavy (non-hydrogen) atoms. The highest BCUT2D eigenvalue weighted by molar-refractivity contribution is 5.72. The lowest BCUT2D eigenvalue weighted by atomic mass is 9.80. The Labute approximate surface area is 112 Å². The van der Waals surface area contributed by atoms with Gasteiger partial charge >= 0.3 is 5.97 Å². The molecule has 1 saturated carbocycles. The van der Waals surface area contributed by atoms with Crippen LogP contribution in [0.2, 0.25) is 0 Å². The second-order valence-corrected chi connectivity index (χ2v) is 5.80. The van der Waals surface area contributed by atoms with Crippen LogP contribution in [0.5, 0.6) is 0 Å². The Bertz CT molecular complexity index is 217. The molecule has 0 heterocycles. The predicted octanol–water partition coefficient (Wildman–Crippen LogP) is 4.72. The molecule has 0 spiro atoms. The maximum absolute atomic E-state index is 11.4. The van der Waals surface area contributed by atoms with Crippen molar-refractivity contribution in [3.63, 3.8) is 0 Å². The van der Waals surface area contributed by atoms with E-state index < -0.39 is 0 Å². The minimum atomic E-state index is 0.00742. The molecule has 0 aromatic rings. The Kier molecular flexibility index (Phi) is 8.11. The molecule has 0 saturated heterocycles. The molecule has 0 unspecified atom stereocenters. The van der Waals surface area contributed by atoms with Gasteiger partial charge < -0.3 is 4.74 Å². The van der Waals surface area contributed by atoms with Gasteiger partial charge in [-0.3, -0.25) is 4.79 Å². The molecule has 0 aliphatic heterocycles. The third kappa shape index (κ3) is 5.88. The van der Waals surface area contributed by atoms with Crippen molar-refractivity contribution in [1.82, 2.24) is 0 Å².